The molecule has 1 unspecified atom stereocenters. The highest BCUT2D eigenvalue weighted by Gasteiger charge is 2.46. The molecule has 0 radical (unpaired) electrons. The molecule has 1 heterocycles. The molecule has 1 aliphatic rings. The van der Waals surface area contributed by atoms with E-state index in [1.54, 1.807) is 0 Å². The molecule has 1 heteroatoms. The van der Waals surface area contributed by atoms with Gasteiger partial charge >= 0.3 is 0 Å². The van der Waals surface area contributed by atoms with Crippen molar-refractivity contribution in [3.63, 3.8) is 0 Å². The van der Waals surface area contributed by atoms with Crippen molar-refractivity contribution in [1.29, 1.82) is 0 Å². The number of hydrogen-bond acceptors (Lipinski definition) is 1. The van der Waals surface area contributed by atoms with Crippen LogP contribution >= 0.6 is 0 Å². The van der Waals surface area contributed by atoms with Gasteiger partial charge < -0.3 is 0 Å². The molecule has 1 saturated heterocycles. The maximum absolute atomic E-state index is 2.66. The van der Waals surface area contributed by atoms with E-state index in [0.717, 1.165) is 12.0 Å². The van der Waals surface area contributed by atoms with Crippen molar-refractivity contribution in [1.82, 2.24) is 4.90 Å². The Morgan fingerprint density at radius 3 is 1.92 bits per heavy atom. The molecule has 1 fully saturated rings. The van der Waals surface area contributed by atoms with Crippen molar-refractivity contribution in [3.05, 3.63) is 0 Å². The lowest BCUT2D eigenvalue weighted by molar-refractivity contribution is -0.0747. The number of likely N-dealkylation sites (tertiary alicyclic amines) is 1. The summed E-state index contributed by atoms with van der Waals surface area (Å²) in [5.74, 6) is 0.804. The molecule has 0 aromatic heterocycles. The Bertz CT molecular complexity index is 147. The van der Waals surface area contributed by atoms with Gasteiger partial charge in [-0.2, -0.15) is 0 Å². The van der Waals surface area contributed by atoms with Crippen molar-refractivity contribution in [3.8, 4) is 0 Å². The monoisotopic (exact) mass is 169 g/mol. The molecule has 1 atom stereocenters. The van der Waals surface area contributed by atoms with Crippen molar-refractivity contribution < 1.29 is 0 Å². The van der Waals surface area contributed by atoms with Gasteiger partial charge in [-0.25, -0.2) is 0 Å². The lowest BCUT2D eigenvalue weighted by Gasteiger charge is -2.57. The van der Waals surface area contributed by atoms with Gasteiger partial charge in [-0.05, 0) is 32.6 Å². The second kappa shape index (κ2) is 3.37. The van der Waals surface area contributed by atoms with Gasteiger partial charge in [0, 0.05) is 18.1 Å². The van der Waals surface area contributed by atoms with E-state index in [1.807, 2.05) is 0 Å². The molecule has 0 spiro atoms. The molecular weight excluding hydrogens is 146 g/mol. The van der Waals surface area contributed by atoms with Crippen LogP contribution in [-0.4, -0.2) is 23.0 Å². The van der Waals surface area contributed by atoms with Gasteiger partial charge in [-0.1, -0.05) is 20.8 Å². The number of hydrogen-bond donors (Lipinski definition) is 0. The second-order valence-corrected chi connectivity index (χ2v) is 4.65. The third kappa shape index (κ3) is 1.28. The fourth-order valence-electron chi connectivity index (χ4n) is 2.71. The molecule has 72 valence electrons. The minimum atomic E-state index is 0.536. The molecule has 0 bridgehead atoms. The molecule has 1 nitrogen and oxygen atoms in total. The van der Waals surface area contributed by atoms with Gasteiger partial charge in [0.15, 0.2) is 0 Å². The van der Waals surface area contributed by atoms with Crippen LogP contribution in [-0.2, 0) is 0 Å². The predicted octanol–water partition coefficient (Wildman–Crippen LogP) is 2.91. The predicted molar refractivity (Wildman–Crippen MR) is 54.3 cm³/mol. The minimum Gasteiger partial charge on any atom is -0.295 e. The molecule has 0 aromatic carbocycles. The van der Waals surface area contributed by atoms with Crippen molar-refractivity contribution in [2.24, 2.45) is 5.92 Å². The second-order valence-electron chi connectivity index (χ2n) is 4.65. The highest BCUT2D eigenvalue weighted by atomic mass is 15.3. The Hall–Kier alpha value is -0.0400. The molecule has 0 saturated carbocycles. The summed E-state index contributed by atoms with van der Waals surface area (Å²) in [6.45, 7) is 13.0. The van der Waals surface area contributed by atoms with Crippen LogP contribution in [0.3, 0.4) is 0 Å². The first-order valence-corrected chi connectivity index (χ1v) is 5.31. The Morgan fingerprint density at radius 1 is 1.25 bits per heavy atom. The first-order chi connectivity index (χ1) is 5.54. The van der Waals surface area contributed by atoms with Crippen LogP contribution in [0, 0.1) is 5.92 Å². The average molecular weight is 169 g/mol. The van der Waals surface area contributed by atoms with Crippen molar-refractivity contribution >= 4 is 0 Å². The zero-order chi connectivity index (χ0) is 9.35. The SMILES string of the molecule is CCC1(C(C)C)CCN1C(C)C. The Balaban J connectivity index is 2.68. The molecule has 0 aromatic rings. The Morgan fingerprint density at radius 2 is 1.83 bits per heavy atom. The average Bonchev–Trinajstić information content (AvgIpc) is 1.84. The highest BCUT2D eigenvalue weighted by molar-refractivity contribution is 5.01. The standard InChI is InChI=1S/C11H23N/c1-6-11(9(2)3)7-8-12(11)10(4)5/h9-10H,6-8H2,1-5H3. The van der Waals surface area contributed by atoms with Crippen LogP contribution in [0.25, 0.3) is 0 Å². The van der Waals surface area contributed by atoms with Gasteiger partial charge in [0.2, 0.25) is 0 Å². The van der Waals surface area contributed by atoms with Crippen LogP contribution in [0.4, 0.5) is 0 Å². The summed E-state index contributed by atoms with van der Waals surface area (Å²) in [5, 5.41) is 0. The third-order valence-corrected chi connectivity index (χ3v) is 3.67. The molecule has 0 amide bonds. The van der Waals surface area contributed by atoms with E-state index in [-0.39, 0.29) is 0 Å². The molecule has 0 N–H and O–H groups in total. The lowest BCUT2D eigenvalue weighted by atomic mass is 9.72. The molecule has 0 aliphatic carbocycles. The van der Waals surface area contributed by atoms with Crippen LogP contribution in [0.1, 0.15) is 47.5 Å². The Kier molecular flexibility index (Phi) is 2.82. The molecular formula is C11H23N. The van der Waals surface area contributed by atoms with Gasteiger partial charge in [0.25, 0.3) is 0 Å². The fraction of sp³-hybridized carbons (Fsp3) is 1.00. The summed E-state index contributed by atoms with van der Waals surface area (Å²) in [6, 6.07) is 0.723. The summed E-state index contributed by atoms with van der Waals surface area (Å²) < 4.78 is 0. The topological polar surface area (TPSA) is 3.24 Å². The highest BCUT2D eigenvalue weighted by Crippen LogP contribution is 2.41. The van der Waals surface area contributed by atoms with Crippen molar-refractivity contribution in [2.75, 3.05) is 6.54 Å². The first kappa shape index (κ1) is 10.0. The van der Waals surface area contributed by atoms with Crippen LogP contribution < -0.4 is 0 Å². The summed E-state index contributed by atoms with van der Waals surface area (Å²) in [4.78, 5) is 2.66. The van der Waals surface area contributed by atoms with Gasteiger partial charge in [-0.15, -0.1) is 0 Å². The summed E-state index contributed by atoms with van der Waals surface area (Å²) >= 11 is 0. The molecule has 12 heavy (non-hydrogen) atoms. The van der Waals surface area contributed by atoms with E-state index in [4.69, 9.17) is 0 Å². The van der Waals surface area contributed by atoms with E-state index in [2.05, 4.69) is 39.5 Å². The Labute approximate surface area is 77.1 Å². The van der Waals surface area contributed by atoms with Gasteiger partial charge in [0.05, 0.1) is 0 Å². The zero-order valence-electron chi connectivity index (χ0n) is 9.22. The largest absolute Gasteiger partial charge is 0.295 e. The molecule has 1 aliphatic heterocycles. The van der Waals surface area contributed by atoms with E-state index in [1.165, 1.54) is 19.4 Å². The van der Waals surface area contributed by atoms with Crippen LogP contribution in [0.15, 0.2) is 0 Å². The van der Waals surface area contributed by atoms with E-state index in [9.17, 15) is 0 Å². The summed E-state index contributed by atoms with van der Waals surface area (Å²) in [5.41, 5.74) is 0.536. The number of nitrogens with zero attached hydrogens (tertiary/aromatic N) is 1. The fourth-order valence-corrected chi connectivity index (χ4v) is 2.71. The minimum absolute atomic E-state index is 0.536. The maximum Gasteiger partial charge on any atom is 0.0244 e. The summed E-state index contributed by atoms with van der Waals surface area (Å²) in [7, 11) is 0. The lowest BCUT2D eigenvalue weighted by Crippen LogP contribution is -2.64. The third-order valence-electron chi connectivity index (χ3n) is 3.67. The smallest absolute Gasteiger partial charge is 0.0244 e. The quantitative estimate of drug-likeness (QED) is 0.628. The van der Waals surface area contributed by atoms with E-state index >= 15 is 0 Å². The van der Waals surface area contributed by atoms with Crippen LogP contribution in [0.2, 0.25) is 0 Å². The van der Waals surface area contributed by atoms with Gasteiger partial charge in [-0.3, -0.25) is 4.90 Å². The first-order valence-electron chi connectivity index (χ1n) is 5.31. The van der Waals surface area contributed by atoms with E-state index < -0.39 is 0 Å². The maximum atomic E-state index is 2.66. The zero-order valence-corrected chi connectivity index (χ0v) is 9.22. The van der Waals surface area contributed by atoms with Gasteiger partial charge in [0.1, 0.15) is 0 Å². The summed E-state index contributed by atoms with van der Waals surface area (Å²) in [6.07, 6.45) is 2.71. The van der Waals surface area contributed by atoms with Crippen molar-refractivity contribution in [2.45, 2.75) is 59.0 Å². The van der Waals surface area contributed by atoms with E-state index in [0.29, 0.717) is 5.54 Å². The molecule has 1 rings (SSSR count). The van der Waals surface area contributed by atoms with Crippen LogP contribution in [0.5, 0.6) is 0 Å². The normalized spacial score (nSPS) is 31.2. The number of rotatable bonds is 3.